The Morgan fingerprint density at radius 3 is 2.76 bits per heavy atom. The third-order valence-corrected chi connectivity index (χ3v) is 5.74. The van der Waals surface area contributed by atoms with Crippen molar-refractivity contribution in [3.63, 3.8) is 0 Å². The molecule has 2 aliphatic rings. The quantitative estimate of drug-likeness (QED) is 0.858. The van der Waals surface area contributed by atoms with Gasteiger partial charge in [0.2, 0.25) is 5.91 Å². The molecule has 0 aliphatic carbocycles. The number of hydrogen-bond acceptors (Lipinski definition) is 4. The van der Waals surface area contributed by atoms with E-state index in [1.54, 1.807) is 18.7 Å². The number of aromatic nitrogens is 1. The molecule has 2 aliphatic heterocycles. The normalized spacial score (nSPS) is 24.8. The van der Waals surface area contributed by atoms with Crippen LogP contribution in [0.3, 0.4) is 0 Å². The van der Waals surface area contributed by atoms with Crippen LogP contribution in [-0.2, 0) is 17.9 Å². The van der Waals surface area contributed by atoms with Crippen molar-refractivity contribution in [2.75, 3.05) is 13.1 Å². The second kappa shape index (κ2) is 7.00. The second-order valence-corrected chi connectivity index (χ2v) is 7.27. The van der Waals surface area contributed by atoms with Gasteiger partial charge in [-0.15, -0.1) is 0 Å². The Bertz CT molecular complexity index is 701. The van der Waals surface area contributed by atoms with Crippen LogP contribution < -0.4 is 0 Å². The van der Waals surface area contributed by atoms with Gasteiger partial charge in [0.15, 0.2) is 0 Å². The molecule has 1 amide bonds. The lowest BCUT2D eigenvalue weighted by Crippen LogP contribution is -2.45. The van der Waals surface area contributed by atoms with E-state index in [2.05, 4.69) is 14.8 Å². The smallest absolute Gasteiger partial charge is 0.223 e. The van der Waals surface area contributed by atoms with E-state index in [1.807, 2.05) is 24.3 Å². The number of nitrogens with zero attached hydrogens (tertiary/aromatic N) is 3. The van der Waals surface area contributed by atoms with Crippen LogP contribution in [0.5, 0.6) is 0 Å². The van der Waals surface area contributed by atoms with Gasteiger partial charge in [0.1, 0.15) is 5.76 Å². The maximum atomic E-state index is 12.6. The Labute approximate surface area is 148 Å². The largest absolute Gasteiger partial charge is 0.468 e. The SMILES string of the molecule is O=C1CCC2(CCCN(Cc3ccco3)CC2)N1Cc1ccncc1. The molecule has 2 aromatic heterocycles. The predicted octanol–water partition coefficient (Wildman–Crippen LogP) is 3.22. The molecular weight excluding hydrogens is 314 g/mol. The molecule has 132 valence electrons. The summed E-state index contributed by atoms with van der Waals surface area (Å²) in [4.78, 5) is 21.3. The number of carbonyl (C=O) groups is 1. The van der Waals surface area contributed by atoms with Crippen LogP contribution in [-0.4, -0.2) is 39.3 Å². The van der Waals surface area contributed by atoms with E-state index < -0.39 is 0 Å². The minimum atomic E-state index is 0.0261. The molecule has 0 bridgehead atoms. The van der Waals surface area contributed by atoms with Crippen molar-refractivity contribution in [2.45, 2.75) is 50.7 Å². The Kier molecular flexibility index (Phi) is 4.57. The first kappa shape index (κ1) is 16.3. The third-order valence-electron chi connectivity index (χ3n) is 5.74. The number of furan rings is 1. The van der Waals surface area contributed by atoms with E-state index in [4.69, 9.17) is 4.42 Å². The molecule has 0 radical (unpaired) electrons. The van der Waals surface area contributed by atoms with Crippen LogP contribution in [0.2, 0.25) is 0 Å². The van der Waals surface area contributed by atoms with Gasteiger partial charge in [-0.1, -0.05) is 0 Å². The first-order chi connectivity index (χ1) is 12.3. The molecule has 0 saturated carbocycles. The van der Waals surface area contributed by atoms with Gasteiger partial charge < -0.3 is 9.32 Å². The molecule has 1 spiro atoms. The van der Waals surface area contributed by atoms with E-state index in [9.17, 15) is 4.79 Å². The van der Waals surface area contributed by atoms with Crippen molar-refractivity contribution in [1.82, 2.24) is 14.8 Å². The van der Waals surface area contributed by atoms with Gasteiger partial charge in [0, 0.05) is 37.4 Å². The summed E-state index contributed by atoms with van der Waals surface area (Å²) < 4.78 is 5.50. The van der Waals surface area contributed by atoms with Crippen molar-refractivity contribution in [1.29, 1.82) is 0 Å². The first-order valence-electron chi connectivity index (χ1n) is 9.19. The second-order valence-electron chi connectivity index (χ2n) is 7.27. The maximum absolute atomic E-state index is 12.6. The van der Waals surface area contributed by atoms with Gasteiger partial charge in [-0.3, -0.25) is 14.7 Å². The topological polar surface area (TPSA) is 49.6 Å². The van der Waals surface area contributed by atoms with E-state index in [-0.39, 0.29) is 5.54 Å². The summed E-state index contributed by atoms with van der Waals surface area (Å²) in [6, 6.07) is 8.01. The highest BCUT2D eigenvalue weighted by molar-refractivity contribution is 5.79. The van der Waals surface area contributed by atoms with Crippen LogP contribution in [0, 0.1) is 0 Å². The summed E-state index contributed by atoms with van der Waals surface area (Å²) in [5.41, 5.74) is 1.19. The molecule has 5 heteroatoms. The first-order valence-corrected chi connectivity index (χ1v) is 9.19. The summed E-state index contributed by atoms with van der Waals surface area (Å²) in [7, 11) is 0. The van der Waals surface area contributed by atoms with Gasteiger partial charge in [-0.05, 0) is 62.1 Å². The molecule has 1 atom stereocenters. The summed E-state index contributed by atoms with van der Waals surface area (Å²) in [6.07, 6.45) is 10.3. The molecule has 25 heavy (non-hydrogen) atoms. The van der Waals surface area contributed by atoms with Gasteiger partial charge >= 0.3 is 0 Å². The van der Waals surface area contributed by atoms with E-state index >= 15 is 0 Å². The van der Waals surface area contributed by atoms with Crippen LogP contribution in [0.1, 0.15) is 43.4 Å². The lowest BCUT2D eigenvalue weighted by molar-refractivity contribution is -0.132. The van der Waals surface area contributed by atoms with Crippen molar-refractivity contribution >= 4 is 5.91 Å². The summed E-state index contributed by atoms with van der Waals surface area (Å²) in [5.74, 6) is 1.32. The zero-order valence-electron chi connectivity index (χ0n) is 14.6. The number of carbonyl (C=O) groups excluding carboxylic acids is 1. The van der Waals surface area contributed by atoms with Crippen molar-refractivity contribution in [3.05, 3.63) is 54.2 Å². The average Bonchev–Trinajstić information content (AvgIpc) is 3.18. The Hall–Kier alpha value is -2.14. The van der Waals surface area contributed by atoms with Crippen LogP contribution in [0.4, 0.5) is 0 Å². The van der Waals surface area contributed by atoms with E-state index in [0.29, 0.717) is 18.9 Å². The number of amides is 1. The molecule has 5 nitrogen and oxygen atoms in total. The van der Waals surface area contributed by atoms with Gasteiger partial charge in [0.25, 0.3) is 0 Å². The molecule has 4 rings (SSSR count). The third kappa shape index (κ3) is 3.47. The monoisotopic (exact) mass is 339 g/mol. The minimum absolute atomic E-state index is 0.0261. The summed E-state index contributed by atoms with van der Waals surface area (Å²) in [5, 5.41) is 0. The van der Waals surface area contributed by atoms with Crippen molar-refractivity contribution in [2.24, 2.45) is 0 Å². The van der Waals surface area contributed by atoms with E-state index in [0.717, 1.165) is 51.1 Å². The number of likely N-dealkylation sites (tertiary alicyclic amines) is 2. The number of rotatable bonds is 4. The fourth-order valence-corrected chi connectivity index (χ4v) is 4.34. The van der Waals surface area contributed by atoms with Crippen molar-refractivity contribution in [3.8, 4) is 0 Å². The maximum Gasteiger partial charge on any atom is 0.223 e. The Morgan fingerprint density at radius 2 is 1.96 bits per heavy atom. The summed E-state index contributed by atoms with van der Waals surface area (Å²) in [6.45, 7) is 3.65. The molecule has 0 N–H and O–H groups in total. The molecule has 0 aromatic carbocycles. The van der Waals surface area contributed by atoms with Crippen LogP contribution in [0.15, 0.2) is 47.3 Å². The number of pyridine rings is 1. The fourth-order valence-electron chi connectivity index (χ4n) is 4.34. The van der Waals surface area contributed by atoms with Gasteiger partial charge in [0.05, 0.1) is 12.8 Å². The summed E-state index contributed by atoms with van der Waals surface area (Å²) >= 11 is 0. The lowest BCUT2D eigenvalue weighted by Gasteiger charge is -2.38. The van der Waals surface area contributed by atoms with E-state index in [1.165, 1.54) is 5.56 Å². The molecule has 2 saturated heterocycles. The molecule has 4 heterocycles. The highest BCUT2D eigenvalue weighted by Gasteiger charge is 2.45. The molecular formula is C20H25N3O2. The predicted molar refractivity (Wildman–Crippen MR) is 94.6 cm³/mol. The zero-order valence-corrected chi connectivity index (χ0v) is 14.6. The molecule has 2 fully saturated rings. The van der Waals surface area contributed by atoms with Crippen LogP contribution >= 0.6 is 0 Å². The van der Waals surface area contributed by atoms with Crippen LogP contribution in [0.25, 0.3) is 0 Å². The molecule has 2 aromatic rings. The fraction of sp³-hybridized carbons (Fsp3) is 0.500. The highest BCUT2D eigenvalue weighted by Crippen LogP contribution is 2.40. The Balaban J connectivity index is 1.47. The average molecular weight is 339 g/mol. The highest BCUT2D eigenvalue weighted by atomic mass is 16.3. The van der Waals surface area contributed by atoms with Crippen molar-refractivity contribution < 1.29 is 9.21 Å². The molecule has 1 unspecified atom stereocenters. The zero-order chi connectivity index (χ0) is 17.1. The number of hydrogen-bond donors (Lipinski definition) is 0. The van der Waals surface area contributed by atoms with Gasteiger partial charge in [-0.25, -0.2) is 0 Å². The standard InChI is InChI=1S/C20H25N3O2/c24-19-4-8-20(23(19)15-17-5-10-21-11-6-17)7-2-12-22(13-9-20)16-18-3-1-14-25-18/h1,3,5-6,10-11,14H,2,4,7-9,12-13,15-16H2. The lowest BCUT2D eigenvalue weighted by atomic mass is 9.87. The minimum Gasteiger partial charge on any atom is -0.468 e. The van der Waals surface area contributed by atoms with Gasteiger partial charge in [-0.2, -0.15) is 0 Å². The Morgan fingerprint density at radius 1 is 1.08 bits per heavy atom.